The highest BCUT2D eigenvalue weighted by Gasteiger charge is 2.08. The largest absolute Gasteiger partial charge is 0.493 e. The molecule has 0 bridgehead atoms. The predicted octanol–water partition coefficient (Wildman–Crippen LogP) is 6.19. The number of halogens is 2. The molecule has 0 heterocycles. The second kappa shape index (κ2) is 8.84. The summed E-state index contributed by atoms with van der Waals surface area (Å²) in [6, 6.07) is 21.1. The highest BCUT2D eigenvalue weighted by Crippen LogP contribution is 2.30. The molecule has 0 saturated carbocycles. The van der Waals surface area contributed by atoms with Gasteiger partial charge in [0.05, 0.1) is 7.11 Å². The number of rotatable bonds is 7. The van der Waals surface area contributed by atoms with Crippen molar-refractivity contribution in [3.63, 3.8) is 0 Å². The number of methoxy groups -OCH3 is 1. The van der Waals surface area contributed by atoms with Gasteiger partial charge < -0.3 is 14.8 Å². The van der Waals surface area contributed by atoms with E-state index in [1.54, 1.807) is 7.11 Å². The summed E-state index contributed by atoms with van der Waals surface area (Å²) in [5.41, 5.74) is 3.03. The van der Waals surface area contributed by atoms with Crippen molar-refractivity contribution in [2.75, 3.05) is 12.4 Å². The summed E-state index contributed by atoms with van der Waals surface area (Å²) < 4.78 is 11.4. The van der Waals surface area contributed by atoms with Gasteiger partial charge in [0.1, 0.15) is 6.61 Å². The molecule has 0 aromatic heterocycles. The molecule has 3 rings (SSSR count). The Morgan fingerprint density at radius 2 is 1.65 bits per heavy atom. The normalized spacial score (nSPS) is 10.4. The van der Waals surface area contributed by atoms with Crippen LogP contribution in [0.4, 0.5) is 5.69 Å². The fourth-order valence-corrected chi connectivity index (χ4v) is 2.80. The smallest absolute Gasteiger partial charge is 0.161 e. The van der Waals surface area contributed by atoms with E-state index in [0.717, 1.165) is 21.8 Å². The molecule has 0 fully saturated rings. The SMILES string of the molecule is COc1cc(CNc2ccc(Cl)cc2)ccc1OCc1ccccc1Cl. The van der Waals surface area contributed by atoms with E-state index >= 15 is 0 Å². The lowest BCUT2D eigenvalue weighted by Gasteiger charge is -2.13. The Hall–Kier alpha value is -2.36. The molecule has 0 aliphatic heterocycles. The van der Waals surface area contributed by atoms with Crippen LogP contribution in [0, 0.1) is 0 Å². The molecule has 134 valence electrons. The zero-order valence-electron chi connectivity index (χ0n) is 14.3. The van der Waals surface area contributed by atoms with Gasteiger partial charge in [-0.1, -0.05) is 47.5 Å². The molecule has 0 radical (unpaired) electrons. The lowest BCUT2D eigenvalue weighted by molar-refractivity contribution is 0.284. The van der Waals surface area contributed by atoms with Crippen molar-refractivity contribution in [2.45, 2.75) is 13.2 Å². The Morgan fingerprint density at radius 1 is 0.885 bits per heavy atom. The molecule has 3 aromatic rings. The molecular weight excluding hydrogens is 369 g/mol. The first-order valence-electron chi connectivity index (χ1n) is 8.18. The van der Waals surface area contributed by atoms with E-state index in [-0.39, 0.29) is 0 Å². The van der Waals surface area contributed by atoms with Gasteiger partial charge in [-0.15, -0.1) is 0 Å². The molecular formula is C21H19Cl2NO2. The zero-order chi connectivity index (χ0) is 18.4. The third-order valence-electron chi connectivity index (χ3n) is 3.91. The van der Waals surface area contributed by atoms with Gasteiger partial charge in [0, 0.05) is 27.8 Å². The Bertz CT molecular complexity index is 866. The van der Waals surface area contributed by atoms with Gasteiger partial charge >= 0.3 is 0 Å². The summed E-state index contributed by atoms with van der Waals surface area (Å²) in [6.45, 7) is 1.06. The maximum Gasteiger partial charge on any atom is 0.161 e. The lowest BCUT2D eigenvalue weighted by Crippen LogP contribution is -2.02. The molecule has 0 spiro atoms. The molecule has 0 atom stereocenters. The van der Waals surface area contributed by atoms with Crippen LogP contribution in [0.1, 0.15) is 11.1 Å². The van der Waals surface area contributed by atoms with Gasteiger partial charge in [-0.25, -0.2) is 0 Å². The average molecular weight is 388 g/mol. The number of anilines is 1. The van der Waals surface area contributed by atoms with Crippen molar-refractivity contribution in [1.29, 1.82) is 0 Å². The van der Waals surface area contributed by atoms with E-state index < -0.39 is 0 Å². The summed E-state index contributed by atoms with van der Waals surface area (Å²) in [4.78, 5) is 0. The number of benzene rings is 3. The van der Waals surface area contributed by atoms with Crippen LogP contribution in [0.15, 0.2) is 66.7 Å². The molecule has 0 saturated heterocycles. The van der Waals surface area contributed by atoms with E-state index in [2.05, 4.69) is 5.32 Å². The van der Waals surface area contributed by atoms with Crippen LogP contribution in [0.5, 0.6) is 11.5 Å². The molecule has 0 unspecified atom stereocenters. The Labute approximate surface area is 163 Å². The quantitative estimate of drug-likeness (QED) is 0.523. The maximum absolute atomic E-state index is 6.17. The van der Waals surface area contributed by atoms with Crippen LogP contribution in [0.25, 0.3) is 0 Å². The van der Waals surface area contributed by atoms with Gasteiger partial charge in [0.15, 0.2) is 11.5 Å². The van der Waals surface area contributed by atoms with E-state index in [1.165, 1.54) is 0 Å². The van der Waals surface area contributed by atoms with Gasteiger partial charge in [-0.3, -0.25) is 0 Å². The number of ether oxygens (including phenoxy) is 2. The summed E-state index contributed by atoms with van der Waals surface area (Å²) in [6.07, 6.45) is 0. The fraction of sp³-hybridized carbons (Fsp3) is 0.143. The second-order valence-corrected chi connectivity index (χ2v) is 6.57. The lowest BCUT2D eigenvalue weighted by atomic mass is 10.2. The van der Waals surface area contributed by atoms with Crippen molar-refractivity contribution in [1.82, 2.24) is 0 Å². The van der Waals surface area contributed by atoms with Crippen molar-refractivity contribution < 1.29 is 9.47 Å². The minimum absolute atomic E-state index is 0.387. The van der Waals surface area contributed by atoms with Crippen molar-refractivity contribution in [3.05, 3.63) is 87.9 Å². The van der Waals surface area contributed by atoms with Crippen molar-refractivity contribution in [3.8, 4) is 11.5 Å². The van der Waals surface area contributed by atoms with Crippen LogP contribution < -0.4 is 14.8 Å². The van der Waals surface area contributed by atoms with E-state index in [0.29, 0.717) is 29.7 Å². The molecule has 3 nitrogen and oxygen atoms in total. The zero-order valence-corrected chi connectivity index (χ0v) is 15.8. The number of nitrogens with one attached hydrogen (secondary N) is 1. The fourth-order valence-electron chi connectivity index (χ4n) is 2.48. The van der Waals surface area contributed by atoms with Gasteiger partial charge in [0.2, 0.25) is 0 Å². The molecule has 1 N–H and O–H groups in total. The van der Waals surface area contributed by atoms with Crippen LogP contribution >= 0.6 is 23.2 Å². The third kappa shape index (κ3) is 4.84. The number of hydrogen-bond acceptors (Lipinski definition) is 3. The Morgan fingerprint density at radius 3 is 2.38 bits per heavy atom. The molecule has 0 aliphatic rings. The van der Waals surface area contributed by atoms with Crippen LogP contribution in [-0.2, 0) is 13.2 Å². The third-order valence-corrected chi connectivity index (χ3v) is 4.53. The predicted molar refractivity (Wildman–Crippen MR) is 108 cm³/mol. The van der Waals surface area contributed by atoms with Crippen molar-refractivity contribution in [2.24, 2.45) is 0 Å². The summed E-state index contributed by atoms with van der Waals surface area (Å²) >= 11 is 12.1. The van der Waals surface area contributed by atoms with Crippen LogP contribution in [0.3, 0.4) is 0 Å². The Balaban J connectivity index is 1.65. The molecule has 26 heavy (non-hydrogen) atoms. The summed E-state index contributed by atoms with van der Waals surface area (Å²) in [7, 11) is 1.63. The van der Waals surface area contributed by atoms with Gasteiger partial charge in [0.25, 0.3) is 0 Å². The van der Waals surface area contributed by atoms with Gasteiger partial charge in [-0.05, 0) is 48.0 Å². The molecule has 5 heteroatoms. The highest BCUT2D eigenvalue weighted by molar-refractivity contribution is 6.31. The monoisotopic (exact) mass is 387 g/mol. The minimum atomic E-state index is 0.387. The van der Waals surface area contributed by atoms with Crippen LogP contribution in [0.2, 0.25) is 10.0 Å². The average Bonchev–Trinajstić information content (AvgIpc) is 2.67. The Kier molecular flexibility index (Phi) is 6.26. The summed E-state index contributed by atoms with van der Waals surface area (Å²) in [5.74, 6) is 1.37. The standard InChI is InChI=1S/C21H19Cl2NO2/c1-25-21-12-15(13-24-18-9-7-17(22)8-10-18)6-11-20(21)26-14-16-4-2-3-5-19(16)23/h2-12,24H,13-14H2,1H3. The first-order valence-corrected chi connectivity index (χ1v) is 8.94. The van der Waals surface area contributed by atoms with E-state index in [9.17, 15) is 0 Å². The molecule has 0 amide bonds. The first-order chi connectivity index (χ1) is 12.7. The minimum Gasteiger partial charge on any atom is -0.493 e. The molecule has 0 aliphatic carbocycles. The summed E-state index contributed by atoms with van der Waals surface area (Å²) in [5, 5.41) is 4.76. The first kappa shape index (κ1) is 18.4. The molecule has 3 aromatic carbocycles. The second-order valence-electron chi connectivity index (χ2n) is 5.73. The van der Waals surface area contributed by atoms with Crippen LogP contribution in [-0.4, -0.2) is 7.11 Å². The van der Waals surface area contributed by atoms with Gasteiger partial charge in [-0.2, -0.15) is 0 Å². The van der Waals surface area contributed by atoms with Crippen molar-refractivity contribution >= 4 is 28.9 Å². The number of hydrogen-bond donors (Lipinski definition) is 1. The van der Waals surface area contributed by atoms with E-state index in [4.69, 9.17) is 32.7 Å². The topological polar surface area (TPSA) is 30.5 Å². The highest BCUT2D eigenvalue weighted by atomic mass is 35.5. The van der Waals surface area contributed by atoms with E-state index in [1.807, 2.05) is 66.7 Å². The maximum atomic E-state index is 6.17.